The van der Waals surface area contributed by atoms with E-state index in [0.717, 1.165) is 36.5 Å². The Bertz CT molecular complexity index is 649. The Hall–Kier alpha value is -2.11. The minimum atomic E-state index is -4.34. The van der Waals surface area contributed by atoms with Crippen LogP contribution in [0, 0.1) is 6.92 Å². The lowest BCUT2D eigenvalue weighted by Crippen LogP contribution is -2.04. The molecule has 6 heteroatoms. The number of aryl methyl sites for hydroxylation is 1. The lowest BCUT2D eigenvalue weighted by Gasteiger charge is -2.09. The summed E-state index contributed by atoms with van der Waals surface area (Å²) in [6, 6.07) is 6.23. The van der Waals surface area contributed by atoms with Gasteiger partial charge in [-0.1, -0.05) is 0 Å². The molecular formula is C15H13F3N2O. The van der Waals surface area contributed by atoms with Crippen LogP contribution in [0.15, 0.2) is 30.3 Å². The molecule has 0 unspecified atom stereocenters. The quantitative estimate of drug-likeness (QED) is 0.837. The molecule has 0 atom stereocenters. The van der Waals surface area contributed by atoms with Crippen LogP contribution >= 0.6 is 0 Å². The molecule has 1 aromatic heterocycles. The molecule has 2 aromatic rings. The topological polar surface area (TPSA) is 35.0 Å². The van der Waals surface area contributed by atoms with Crippen LogP contribution in [0.2, 0.25) is 0 Å². The number of benzene rings is 1. The maximum absolute atomic E-state index is 12.5. The number of nitrogens with zero attached hydrogens (tertiary/aromatic N) is 2. The second kappa shape index (κ2) is 5.02. The van der Waals surface area contributed by atoms with Crippen molar-refractivity contribution < 1.29 is 17.9 Å². The smallest absolute Gasteiger partial charge is 0.416 e. The van der Waals surface area contributed by atoms with E-state index in [1.807, 2.05) is 6.92 Å². The number of rotatable bonds is 3. The summed E-state index contributed by atoms with van der Waals surface area (Å²) in [5.41, 5.74) is 0.0844. The molecular weight excluding hydrogens is 281 g/mol. The maximum atomic E-state index is 12.5. The van der Waals surface area contributed by atoms with Gasteiger partial charge in [-0.25, -0.2) is 4.98 Å². The third-order valence-corrected chi connectivity index (χ3v) is 3.19. The van der Waals surface area contributed by atoms with Crippen molar-refractivity contribution in [2.75, 3.05) is 0 Å². The van der Waals surface area contributed by atoms with E-state index in [1.54, 1.807) is 6.07 Å². The summed E-state index contributed by atoms with van der Waals surface area (Å²) < 4.78 is 43.0. The molecule has 0 saturated heterocycles. The molecule has 110 valence electrons. The first-order valence-corrected chi connectivity index (χ1v) is 6.62. The molecule has 0 spiro atoms. The van der Waals surface area contributed by atoms with Gasteiger partial charge in [0.2, 0.25) is 5.88 Å². The third kappa shape index (κ3) is 3.32. The molecule has 21 heavy (non-hydrogen) atoms. The number of ether oxygens (including phenoxy) is 1. The number of aromatic nitrogens is 2. The van der Waals surface area contributed by atoms with E-state index in [-0.39, 0.29) is 0 Å². The molecule has 1 heterocycles. The van der Waals surface area contributed by atoms with Crippen molar-refractivity contribution in [1.29, 1.82) is 0 Å². The first-order valence-electron chi connectivity index (χ1n) is 6.62. The van der Waals surface area contributed by atoms with E-state index in [1.165, 1.54) is 12.1 Å². The molecule has 3 nitrogen and oxygen atoms in total. The molecule has 0 bridgehead atoms. The summed E-state index contributed by atoms with van der Waals surface area (Å²) in [6.07, 6.45) is -2.20. The first-order chi connectivity index (χ1) is 9.91. The van der Waals surface area contributed by atoms with Gasteiger partial charge in [0.1, 0.15) is 11.6 Å². The number of hydrogen-bond donors (Lipinski definition) is 0. The Morgan fingerprint density at radius 2 is 1.76 bits per heavy atom. The Labute approximate surface area is 119 Å². The molecule has 0 aliphatic heterocycles. The van der Waals surface area contributed by atoms with Crippen molar-refractivity contribution in [3.05, 3.63) is 47.4 Å². The second-order valence-electron chi connectivity index (χ2n) is 5.10. The van der Waals surface area contributed by atoms with Crippen LogP contribution in [0.25, 0.3) is 0 Å². The average Bonchev–Trinajstić information content (AvgIpc) is 3.21. The van der Waals surface area contributed by atoms with E-state index in [4.69, 9.17) is 4.74 Å². The highest BCUT2D eigenvalue weighted by atomic mass is 19.4. The number of halogens is 3. The normalized spacial score (nSPS) is 15.0. The summed E-state index contributed by atoms with van der Waals surface area (Å²) in [7, 11) is 0. The minimum Gasteiger partial charge on any atom is -0.439 e. The van der Waals surface area contributed by atoms with E-state index in [0.29, 0.717) is 17.5 Å². The zero-order chi connectivity index (χ0) is 15.0. The molecule has 3 rings (SSSR count). The lowest BCUT2D eigenvalue weighted by atomic mass is 10.2. The second-order valence-corrected chi connectivity index (χ2v) is 5.10. The Balaban J connectivity index is 1.80. The summed E-state index contributed by atoms with van der Waals surface area (Å²) in [5, 5.41) is 0. The van der Waals surface area contributed by atoms with Gasteiger partial charge in [-0.15, -0.1) is 0 Å². The monoisotopic (exact) mass is 294 g/mol. The van der Waals surface area contributed by atoms with Crippen molar-refractivity contribution >= 4 is 0 Å². The predicted octanol–water partition coefficient (Wildman–Crippen LogP) is 4.47. The predicted molar refractivity (Wildman–Crippen MR) is 70.3 cm³/mol. The van der Waals surface area contributed by atoms with Gasteiger partial charge in [-0.3, -0.25) is 0 Å². The Morgan fingerprint density at radius 1 is 1.10 bits per heavy atom. The largest absolute Gasteiger partial charge is 0.439 e. The first kappa shape index (κ1) is 13.9. The summed E-state index contributed by atoms with van der Waals surface area (Å²) >= 11 is 0. The number of hydrogen-bond acceptors (Lipinski definition) is 3. The summed E-state index contributed by atoms with van der Waals surface area (Å²) in [5.74, 6) is 1.82. The van der Waals surface area contributed by atoms with Crippen molar-refractivity contribution in [3.63, 3.8) is 0 Å². The standard InChI is InChI=1S/C15H13F3N2O/c1-9-8-13(20-14(19-9)10-2-3-10)21-12-6-4-11(5-7-12)15(16,17)18/h4-8,10H,2-3H2,1H3. The molecule has 1 fully saturated rings. The Kier molecular flexibility index (Phi) is 3.31. The van der Waals surface area contributed by atoms with Gasteiger partial charge in [-0.2, -0.15) is 18.2 Å². The van der Waals surface area contributed by atoms with Gasteiger partial charge in [-0.05, 0) is 44.0 Å². The number of alkyl halides is 3. The van der Waals surface area contributed by atoms with Crippen LogP contribution < -0.4 is 4.74 Å². The summed E-state index contributed by atoms with van der Waals surface area (Å²) in [4.78, 5) is 8.65. The van der Waals surface area contributed by atoms with E-state index >= 15 is 0 Å². The average molecular weight is 294 g/mol. The third-order valence-electron chi connectivity index (χ3n) is 3.19. The van der Waals surface area contributed by atoms with Crippen molar-refractivity contribution in [3.8, 4) is 11.6 Å². The van der Waals surface area contributed by atoms with Crippen LogP contribution in [0.3, 0.4) is 0 Å². The van der Waals surface area contributed by atoms with Crippen LogP contribution in [0.4, 0.5) is 13.2 Å². The van der Waals surface area contributed by atoms with E-state index < -0.39 is 11.7 Å². The van der Waals surface area contributed by atoms with E-state index in [2.05, 4.69) is 9.97 Å². The molecule has 1 aliphatic rings. The summed E-state index contributed by atoms with van der Waals surface area (Å²) in [6.45, 7) is 1.84. The highest BCUT2D eigenvalue weighted by Crippen LogP contribution is 2.39. The van der Waals surface area contributed by atoms with Crippen LogP contribution in [0.1, 0.15) is 35.8 Å². The minimum absolute atomic E-state index is 0.322. The van der Waals surface area contributed by atoms with Crippen LogP contribution in [0.5, 0.6) is 11.6 Å². The van der Waals surface area contributed by atoms with Crippen molar-refractivity contribution in [2.45, 2.75) is 31.9 Å². The van der Waals surface area contributed by atoms with Crippen molar-refractivity contribution in [2.24, 2.45) is 0 Å². The zero-order valence-corrected chi connectivity index (χ0v) is 11.3. The van der Waals surface area contributed by atoms with E-state index in [9.17, 15) is 13.2 Å². The fourth-order valence-corrected chi connectivity index (χ4v) is 1.97. The van der Waals surface area contributed by atoms with Gasteiger partial charge in [0.05, 0.1) is 5.56 Å². The highest BCUT2D eigenvalue weighted by molar-refractivity contribution is 5.32. The Morgan fingerprint density at radius 3 is 2.33 bits per heavy atom. The van der Waals surface area contributed by atoms with Crippen LogP contribution in [-0.2, 0) is 6.18 Å². The molecule has 0 N–H and O–H groups in total. The molecule has 0 amide bonds. The van der Waals surface area contributed by atoms with Gasteiger partial charge in [0, 0.05) is 17.7 Å². The maximum Gasteiger partial charge on any atom is 0.416 e. The van der Waals surface area contributed by atoms with Crippen molar-refractivity contribution in [1.82, 2.24) is 9.97 Å². The fourth-order valence-electron chi connectivity index (χ4n) is 1.97. The van der Waals surface area contributed by atoms with Gasteiger partial charge >= 0.3 is 6.18 Å². The fraction of sp³-hybridized carbons (Fsp3) is 0.333. The van der Waals surface area contributed by atoms with Gasteiger partial charge in [0.25, 0.3) is 0 Å². The highest BCUT2D eigenvalue weighted by Gasteiger charge is 2.30. The molecule has 1 aromatic carbocycles. The van der Waals surface area contributed by atoms with Gasteiger partial charge < -0.3 is 4.74 Å². The zero-order valence-electron chi connectivity index (χ0n) is 11.3. The van der Waals surface area contributed by atoms with Gasteiger partial charge in [0.15, 0.2) is 0 Å². The van der Waals surface area contributed by atoms with Crippen LogP contribution in [-0.4, -0.2) is 9.97 Å². The molecule has 1 saturated carbocycles. The molecule has 0 radical (unpaired) electrons. The SMILES string of the molecule is Cc1cc(Oc2ccc(C(F)(F)F)cc2)nc(C2CC2)n1. The lowest BCUT2D eigenvalue weighted by molar-refractivity contribution is -0.137. The molecule has 1 aliphatic carbocycles.